The van der Waals surface area contributed by atoms with E-state index in [-0.39, 0.29) is 24.2 Å². The molecule has 0 unspecified atom stereocenters. The zero-order valence-corrected chi connectivity index (χ0v) is 21.5. The molecule has 2 saturated heterocycles. The number of benzene rings is 2. The van der Waals surface area contributed by atoms with Crippen LogP contribution < -0.4 is 19.9 Å². The van der Waals surface area contributed by atoms with Crippen LogP contribution in [-0.4, -0.2) is 69.1 Å². The number of pyridine rings is 1. The van der Waals surface area contributed by atoms with Crippen LogP contribution in [0.2, 0.25) is 0 Å². The number of hydrogen-bond donors (Lipinski definition) is 1. The number of carbonyl (C=O) groups is 1. The lowest BCUT2D eigenvalue weighted by atomic mass is 9.99. The summed E-state index contributed by atoms with van der Waals surface area (Å²) in [7, 11) is 0. The molecule has 37 heavy (non-hydrogen) atoms. The molecule has 3 aliphatic rings. The number of fused-ring (bicyclic) bond motifs is 2. The smallest absolute Gasteiger partial charge is 0.255 e. The maximum atomic E-state index is 13.8. The van der Waals surface area contributed by atoms with Gasteiger partial charge in [0.25, 0.3) is 5.91 Å². The number of hydrogen-bond acceptors (Lipinski definition) is 7. The molecule has 3 aromatic rings. The van der Waals surface area contributed by atoms with Crippen molar-refractivity contribution in [1.82, 2.24) is 10.3 Å². The van der Waals surface area contributed by atoms with Gasteiger partial charge in [-0.05, 0) is 26.0 Å². The number of amides is 1. The number of rotatable bonds is 4. The van der Waals surface area contributed by atoms with Crippen molar-refractivity contribution in [1.29, 1.82) is 0 Å². The lowest BCUT2D eigenvalue weighted by molar-refractivity contribution is -0.00514. The number of nitrogens with zero attached hydrogens (tertiary/aromatic N) is 3. The molecule has 3 atom stereocenters. The summed E-state index contributed by atoms with van der Waals surface area (Å²) in [6, 6.07) is 14.1. The summed E-state index contributed by atoms with van der Waals surface area (Å²) in [4.78, 5) is 23.3. The third-order valence-corrected chi connectivity index (χ3v) is 7.44. The monoisotopic (exact) mass is 502 g/mol. The van der Waals surface area contributed by atoms with Gasteiger partial charge in [0, 0.05) is 49.7 Å². The Morgan fingerprint density at radius 1 is 0.973 bits per heavy atom. The highest BCUT2D eigenvalue weighted by molar-refractivity contribution is 6.09. The molecule has 0 radical (unpaired) electrons. The van der Waals surface area contributed by atoms with E-state index in [1.54, 1.807) is 6.20 Å². The summed E-state index contributed by atoms with van der Waals surface area (Å²) >= 11 is 0. The Kier molecular flexibility index (Phi) is 6.61. The second-order valence-electron chi connectivity index (χ2n) is 10.2. The highest BCUT2D eigenvalue weighted by Crippen LogP contribution is 2.37. The minimum Gasteiger partial charge on any atom is -0.493 e. The minimum atomic E-state index is -0.114. The van der Waals surface area contributed by atoms with Gasteiger partial charge in [0.2, 0.25) is 0 Å². The number of ether oxygens (including phenoxy) is 3. The molecule has 0 aliphatic carbocycles. The summed E-state index contributed by atoms with van der Waals surface area (Å²) in [5, 5.41) is 4.27. The predicted octanol–water partition coefficient (Wildman–Crippen LogP) is 3.94. The molecule has 6 rings (SSSR count). The SMILES string of the molecule is C[C@@H]1CN(c2cccc3c(N4CCOCC4)c(C(=O)N[C@H]4CCOc5ccccc54)cnc23)C[C@H](C)O1. The third kappa shape index (κ3) is 4.71. The van der Waals surface area contributed by atoms with E-state index in [0.717, 1.165) is 66.2 Å². The van der Waals surface area contributed by atoms with Crippen molar-refractivity contribution >= 4 is 28.2 Å². The highest BCUT2D eigenvalue weighted by Gasteiger charge is 2.29. The largest absolute Gasteiger partial charge is 0.493 e. The average Bonchev–Trinajstić information content (AvgIpc) is 2.92. The zero-order chi connectivity index (χ0) is 25.4. The molecule has 8 nitrogen and oxygen atoms in total. The van der Waals surface area contributed by atoms with Crippen LogP contribution in [0.4, 0.5) is 11.4 Å². The Hall–Kier alpha value is -3.36. The Morgan fingerprint density at radius 2 is 1.76 bits per heavy atom. The second kappa shape index (κ2) is 10.2. The molecule has 1 N–H and O–H groups in total. The van der Waals surface area contributed by atoms with E-state index in [9.17, 15) is 4.79 Å². The van der Waals surface area contributed by atoms with Gasteiger partial charge in [-0.25, -0.2) is 0 Å². The first-order chi connectivity index (χ1) is 18.1. The van der Waals surface area contributed by atoms with Crippen molar-refractivity contribution in [2.24, 2.45) is 0 Å². The van der Waals surface area contributed by atoms with E-state index >= 15 is 0 Å². The number of nitrogens with one attached hydrogen (secondary N) is 1. The van der Waals surface area contributed by atoms with Crippen molar-refractivity contribution in [3.8, 4) is 5.75 Å². The first-order valence-corrected chi connectivity index (χ1v) is 13.3. The van der Waals surface area contributed by atoms with Crippen molar-refractivity contribution in [3.63, 3.8) is 0 Å². The maximum Gasteiger partial charge on any atom is 0.255 e. The molecule has 8 heteroatoms. The van der Waals surface area contributed by atoms with E-state index < -0.39 is 0 Å². The quantitative estimate of drug-likeness (QED) is 0.579. The van der Waals surface area contributed by atoms with Crippen molar-refractivity contribution in [2.75, 3.05) is 55.8 Å². The van der Waals surface area contributed by atoms with Crippen LogP contribution in [0.3, 0.4) is 0 Å². The van der Waals surface area contributed by atoms with Gasteiger partial charge in [-0.15, -0.1) is 0 Å². The van der Waals surface area contributed by atoms with Gasteiger partial charge in [-0.1, -0.05) is 30.3 Å². The molecule has 3 aliphatic heterocycles. The molecule has 1 amide bonds. The molecular weight excluding hydrogens is 468 g/mol. The zero-order valence-electron chi connectivity index (χ0n) is 21.5. The molecule has 4 heterocycles. The van der Waals surface area contributed by atoms with Crippen molar-refractivity contribution in [3.05, 3.63) is 59.8 Å². The first kappa shape index (κ1) is 24.0. The molecule has 2 aromatic carbocycles. The lowest BCUT2D eigenvalue weighted by Crippen LogP contribution is -2.45. The van der Waals surface area contributed by atoms with Gasteiger partial charge in [-0.3, -0.25) is 9.78 Å². The highest BCUT2D eigenvalue weighted by atomic mass is 16.5. The molecular formula is C29H34N4O4. The fourth-order valence-corrected chi connectivity index (χ4v) is 5.85. The van der Waals surface area contributed by atoms with Crippen LogP contribution in [0.1, 0.15) is 42.2 Å². The molecule has 2 fully saturated rings. The van der Waals surface area contributed by atoms with E-state index in [1.165, 1.54) is 0 Å². The second-order valence-corrected chi connectivity index (χ2v) is 10.2. The average molecular weight is 503 g/mol. The molecule has 194 valence electrons. The van der Waals surface area contributed by atoms with Gasteiger partial charge >= 0.3 is 0 Å². The number of morpholine rings is 2. The fourth-order valence-electron chi connectivity index (χ4n) is 5.85. The van der Waals surface area contributed by atoms with Crippen LogP contribution in [0.5, 0.6) is 5.75 Å². The van der Waals surface area contributed by atoms with Crippen LogP contribution in [0, 0.1) is 0 Å². The summed E-state index contributed by atoms with van der Waals surface area (Å²) in [5.41, 5.74) is 4.54. The maximum absolute atomic E-state index is 13.8. The summed E-state index contributed by atoms with van der Waals surface area (Å²) in [5.74, 6) is 0.722. The standard InChI is InChI=1S/C29H34N4O4/c1-19-17-33(18-20(2)37-19)25-8-5-7-22-27(25)30-16-23(28(22)32-11-14-35-15-12-32)29(34)31-24-10-13-36-26-9-4-3-6-21(24)26/h3-9,16,19-20,24H,10-15,17-18H2,1-2H3,(H,31,34)/t19-,20+,24-/m0/s1. The number of anilines is 2. The van der Waals surface area contributed by atoms with Gasteiger partial charge < -0.3 is 29.3 Å². The van der Waals surface area contributed by atoms with E-state index in [4.69, 9.17) is 19.2 Å². The van der Waals surface area contributed by atoms with Crippen LogP contribution in [-0.2, 0) is 9.47 Å². The van der Waals surface area contributed by atoms with Crippen molar-refractivity contribution in [2.45, 2.75) is 38.5 Å². The van der Waals surface area contributed by atoms with Gasteiger partial charge in [0.05, 0.1) is 60.5 Å². The van der Waals surface area contributed by atoms with Crippen LogP contribution in [0.25, 0.3) is 10.9 Å². The Bertz CT molecular complexity index is 1280. The molecule has 0 bridgehead atoms. The van der Waals surface area contributed by atoms with E-state index in [0.29, 0.717) is 25.4 Å². The number of aromatic nitrogens is 1. The number of carbonyl (C=O) groups excluding carboxylic acids is 1. The van der Waals surface area contributed by atoms with Crippen LogP contribution >= 0.6 is 0 Å². The van der Waals surface area contributed by atoms with E-state index in [1.807, 2.05) is 24.3 Å². The predicted molar refractivity (Wildman–Crippen MR) is 144 cm³/mol. The summed E-state index contributed by atoms with van der Waals surface area (Å²) in [6.45, 7) is 9.15. The topological polar surface area (TPSA) is 76.2 Å². The normalized spacial score (nSPS) is 23.9. The van der Waals surface area contributed by atoms with Crippen LogP contribution in [0.15, 0.2) is 48.7 Å². The summed E-state index contributed by atoms with van der Waals surface area (Å²) in [6.07, 6.45) is 2.77. The van der Waals surface area contributed by atoms with Gasteiger partial charge in [0.1, 0.15) is 5.75 Å². The Labute approximate surface area is 217 Å². The Balaban J connectivity index is 1.40. The van der Waals surface area contributed by atoms with Gasteiger partial charge in [0.15, 0.2) is 0 Å². The summed E-state index contributed by atoms with van der Waals surface area (Å²) < 4.78 is 17.4. The van der Waals surface area contributed by atoms with Crippen molar-refractivity contribution < 1.29 is 19.0 Å². The minimum absolute atomic E-state index is 0.103. The fraction of sp³-hybridized carbons (Fsp3) is 0.448. The molecule has 0 spiro atoms. The first-order valence-electron chi connectivity index (χ1n) is 13.3. The van der Waals surface area contributed by atoms with E-state index in [2.05, 4.69) is 47.2 Å². The molecule has 0 saturated carbocycles. The van der Waals surface area contributed by atoms with Gasteiger partial charge in [-0.2, -0.15) is 0 Å². The number of para-hydroxylation sites is 2. The lowest BCUT2D eigenvalue weighted by Gasteiger charge is -2.37. The Morgan fingerprint density at radius 3 is 2.57 bits per heavy atom. The molecule has 1 aromatic heterocycles. The third-order valence-electron chi connectivity index (χ3n) is 7.44.